The van der Waals surface area contributed by atoms with Crippen LogP contribution in [0, 0.1) is 20.8 Å². The van der Waals surface area contributed by atoms with Gasteiger partial charge in [0.15, 0.2) is 0 Å². The lowest BCUT2D eigenvalue weighted by molar-refractivity contribution is 0.102. The van der Waals surface area contributed by atoms with Gasteiger partial charge in [-0.3, -0.25) is 9.78 Å². The van der Waals surface area contributed by atoms with E-state index >= 15 is 0 Å². The Morgan fingerprint density at radius 3 is 2.30 bits per heavy atom. The van der Waals surface area contributed by atoms with Crippen molar-refractivity contribution in [3.63, 3.8) is 0 Å². The van der Waals surface area contributed by atoms with E-state index in [0.29, 0.717) is 17.3 Å². The van der Waals surface area contributed by atoms with Gasteiger partial charge < -0.3 is 5.32 Å². The van der Waals surface area contributed by atoms with Crippen molar-refractivity contribution in [2.75, 3.05) is 5.32 Å². The fourth-order valence-electron chi connectivity index (χ4n) is 2.23. The number of anilines is 1. The van der Waals surface area contributed by atoms with Crippen LogP contribution in [0.3, 0.4) is 0 Å². The van der Waals surface area contributed by atoms with Crippen molar-refractivity contribution in [1.29, 1.82) is 0 Å². The molecule has 116 valence electrons. The maximum atomic E-state index is 12.3. The first-order chi connectivity index (χ1) is 11.0. The Morgan fingerprint density at radius 2 is 1.65 bits per heavy atom. The number of nitrogens with zero attached hydrogens (tertiary/aromatic N) is 5. The van der Waals surface area contributed by atoms with Gasteiger partial charge in [-0.15, -0.1) is 0 Å². The Bertz CT molecular complexity index is 836. The van der Waals surface area contributed by atoms with Gasteiger partial charge >= 0.3 is 0 Å². The van der Waals surface area contributed by atoms with E-state index in [1.165, 1.54) is 4.68 Å². The molecule has 0 radical (unpaired) electrons. The first kappa shape index (κ1) is 14.8. The molecule has 0 saturated heterocycles. The van der Waals surface area contributed by atoms with Gasteiger partial charge in [0.1, 0.15) is 5.82 Å². The number of carbonyl (C=O) groups excluding carboxylic acids is 1. The lowest BCUT2D eigenvalue weighted by atomic mass is 10.2. The molecule has 0 bridgehead atoms. The molecule has 0 aliphatic carbocycles. The van der Waals surface area contributed by atoms with Crippen molar-refractivity contribution in [2.24, 2.45) is 0 Å². The van der Waals surface area contributed by atoms with E-state index in [1.54, 1.807) is 30.6 Å². The smallest absolute Gasteiger partial charge is 0.256 e. The van der Waals surface area contributed by atoms with Crippen molar-refractivity contribution < 1.29 is 4.79 Å². The lowest BCUT2D eigenvalue weighted by Crippen LogP contribution is -2.16. The van der Waals surface area contributed by atoms with E-state index in [-0.39, 0.29) is 5.91 Å². The number of carbonyl (C=O) groups is 1. The molecule has 0 fully saturated rings. The molecule has 3 rings (SSSR count). The quantitative estimate of drug-likeness (QED) is 0.802. The first-order valence-corrected chi connectivity index (χ1v) is 7.13. The topological polar surface area (TPSA) is 85.6 Å². The Balaban J connectivity index is 1.96. The minimum atomic E-state index is -0.238. The summed E-state index contributed by atoms with van der Waals surface area (Å²) in [7, 11) is 0. The summed E-state index contributed by atoms with van der Waals surface area (Å²) in [6.07, 6.45) is 3.15. The largest absolute Gasteiger partial charge is 0.306 e. The van der Waals surface area contributed by atoms with Crippen LogP contribution in [0.25, 0.3) is 5.95 Å². The maximum absolute atomic E-state index is 12.3. The van der Waals surface area contributed by atoms with Gasteiger partial charge in [-0.1, -0.05) is 0 Å². The average molecular weight is 308 g/mol. The van der Waals surface area contributed by atoms with Crippen LogP contribution in [0.15, 0.2) is 36.7 Å². The van der Waals surface area contributed by atoms with Gasteiger partial charge in [-0.25, -0.2) is 9.97 Å². The van der Waals surface area contributed by atoms with E-state index < -0.39 is 0 Å². The molecule has 0 unspecified atom stereocenters. The standard InChI is InChI=1S/C16H16N6O/c1-10-8-11(2)19-16(18-10)22-14(9-12(3)21-22)20-15(23)13-4-6-17-7-5-13/h4-9H,1-3H3,(H,20,23). The Hall–Kier alpha value is -3.09. The summed E-state index contributed by atoms with van der Waals surface area (Å²) in [4.78, 5) is 25.0. The second-order valence-electron chi connectivity index (χ2n) is 5.22. The summed E-state index contributed by atoms with van der Waals surface area (Å²) in [6.45, 7) is 5.63. The second kappa shape index (κ2) is 5.96. The summed E-state index contributed by atoms with van der Waals surface area (Å²) >= 11 is 0. The normalized spacial score (nSPS) is 10.6. The van der Waals surface area contributed by atoms with E-state index in [9.17, 15) is 4.79 Å². The number of aromatic nitrogens is 5. The molecule has 1 amide bonds. The van der Waals surface area contributed by atoms with Crippen LogP contribution in [-0.2, 0) is 0 Å². The third-order valence-electron chi connectivity index (χ3n) is 3.18. The van der Waals surface area contributed by atoms with Gasteiger partial charge in [0.2, 0.25) is 0 Å². The number of amides is 1. The molecule has 0 spiro atoms. The van der Waals surface area contributed by atoms with Crippen LogP contribution in [-0.4, -0.2) is 30.6 Å². The van der Waals surface area contributed by atoms with Crippen LogP contribution in [0.4, 0.5) is 5.82 Å². The van der Waals surface area contributed by atoms with E-state index in [4.69, 9.17) is 0 Å². The zero-order chi connectivity index (χ0) is 16.4. The fraction of sp³-hybridized carbons (Fsp3) is 0.188. The minimum absolute atomic E-state index is 0.238. The Kier molecular flexibility index (Phi) is 3.84. The number of rotatable bonds is 3. The zero-order valence-corrected chi connectivity index (χ0v) is 13.1. The number of pyridine rings is 1. The molecular formula is C16H16N6O. The van der Waals surface area contributed by atoms with E-state index in [2.05, 4.69) is 25.4 Å². The number of aryl methyl sites for hydroxylation is 3. The van der Waals surface area contributed by atoms with Crippen LogP contribution in [0.5, 0.6) is 0 Å². The highest BCUT2D eigenvalue weighted by Gasteiger charge is 2.14. The van der Waals surface area contributed by atoms with Crippen LogP contribution in [0.2, 0.25) is 0 Å². The second-order valence-corrected chi connectivity index (χ2v) is 5.22. The van der Waals surface area contributed by atoms with Gasteiger partial charge in [0.25, 0.3) is 11.9 Å². The van der Waals surface area contributed by atoms with Gasteiger partial charge in [0.05, 0.1) is 5.69 Å². The van der Waals surface area contributed by atoms with Crippen LogP contribution < -0.4 is 5.32 Å². The van der Waals surface area contributed by atoms with Gasteiger partial charge in [-0.2, -0.15) is 9.78 Å². The minimum Gasteiger partial charge on any atom is -0.306 e. The SMILES string of the molecule is Cc1cc(C)nc(-n2nc(C)cc2NC(=O)c2ccncc2)n1. The van der Waals surface area contributed by atoms with E-state index in [1.807, 2.05) is 26.8 Å². The molecule has 0 aromatic carbocycles. The maximum Gasteiger partial charge on any atom is 0.256 e. The summed E-state index contributed by atoms with van der Waals surface area (Å²) in [5, 5.41) is 7.21. The molecule has 3 heterocycles. The Labute approximate surface area is 133 Å². The third kappa shape index (κ3) is 3.23. The van der Waals surface area contributed by atoms with Crippen molar-refractivity contribution >= 4 is 11.7 Å². The molecule has 7 nitrogen and oxygen atoms in total. The van der Waals surface area contributed by atoms with Gasteiger partial charge in [-0.05, 0) is 39.0 Å². The molecule has 3 aromatic heterocycles. The van der Waals surface area contributed by atoms with Crippen LogP contribution in [0.1, 0.15) is 27.4 Å². The number of nitrogens with one attached hydrogen (secondary N) is 1. The molecule has 23 heavy (non-hydrogen) atoms. The summed E-state index contributed by atoms with van der Waals surface area (Å²) in [6, 6.07) is 6.96. The zero-order valence-electron chi connectivity index (χ0n) is 13.1. The van der Waals surface area contributed by atoms with Crippen molar-refractivity contribution in [3.05, 3.63) is 59.3 Å². The highest BCUT2D eigenvalue weighted by atomic mass is 16.1. The van der Waals surface area contributed by atoms with Crippen molar-refractivity contribution in [1.82, 2.24) is 24.7 Å². The predicted molar refractivity (Wildman–Crippen MR) is 85.6 cm³/mol. The van der Waals surface area contributed by atoms with Crippen LogP contribution >= 0.6 is 0 Å². The molecule has 0 saturated carbocycles. The third-order valence-corrected chi connectivity index (χ3v) is 3.18. The highest BCUT2D eigenvalue weighted by Crippen LogP contribution is 2.16. The monoisotopic (exact) mass is 308 g/mol. The molecule has 1 N–H and O–H groups in total. The number of hydrogen-bond donors (Lipinski definition) is 1. The van der Waals surface area contributed by atoms with Crippen molar-refractivity contribution in [3.8, 4) is 5.95 Å². The summed E-state index contributed by atoms with van der Waals surface area (Å²) in [5.41, 5.74) is 2.96. The molecular weight excluding hydrogens is 292 g/mol. The highest BCUT2D eigenvalue weighted by molar-refractivity contribution is 6.03. The van der Waals surface area contributed by atoms with E-state index in [0.717, 1.165) is 17.1 Å². The predicted octanol–water partition coefficient (Wildman–Crippen LogP) is 2.23. The van der Waals surface area contributed by atoms with Crippen molar-refractivity contribution in [2.45, 2.75) is 20.8 Å². The van der Waals surface area contributed by atoms with Gasteiger partial charge in [0, 0.05) is 35.4 Å². The fourth-order valence-corrected chi connectivity index (χ4v) is 2.23. The summed E-state index contributed by atoms with van der Waals surface area (Å²) in [5.74, 6) is 0.716. The molecule has 0 atom stereocenters. The molecule has 0 aliphatic heterocycles. The average Bonchev–Trinajstić information content (AvgIpc) is 2.88. The Morgan fingerprint density at radius 1 is 1.00 bits per heavy atom. The number of hydrogen-bond acceptors (Lipinski definition) is 5. The first-order valence-electron chi connectivity index (χ1n) is 7.13. The molecule has 0 aliphatic rings. The summed E-state index contributed by atoms with van der Waals surface area (Å²) < 4.78 is 1.54. The lowest BCUT2D eigenvalue weighted by Gasteiger charge is -2.08. The molecule has 3 aromatic rings. The molecule has 7 heteroatoms.